The molecule has 1 aliphatic carbocycles. The molecule has 2 aromatic heterocycles. The van der Waals surface area contributed by atoms with Gasteiger partial charge in [-0.05, 0) is 46.3 Å². The summed E-state index contributed by atoms with van der Waals surface area (Å²) in [5, 5.41) is 0.660. The topological polar surface area (TPSA) is 58.4 Å². The Hall–Kier alpha value is -1.73. The average molecular weight is 391 g/mol. The first-order valence-electron chi connectivity index (χ1n) is 9.69. The molecule has 2 aromatic rings. The first-order valence-corrected chi connectivity index (χ1v) is 10.5. The molecule has 3 rings (SSSR count). The standard InChI is InChI=1S/C20H30N4O2S/c1-13-14(2)27-19-18(13)20(26)24(16(21-19)11-22(3)4)12-17(25)23(5)15-9-7-6-8-10-15/h15H,6-12H2,1-5H3. The Bertz CT molecular complexity index is 893. The lowest BCUT2D eigenvalue weighted by atomic mass is 9.94. The molecule has 0 spiro atoms. The summed E-state index contributed by atoms with van der Waals surface area (Å²) in [6, 6.07) is 0.293. The number of amides is 1. The van der Waals surface area contributed by atoms with Crippen LogP contribution in [-0.4, -0.2) is 52.4 Å². The van der Waals surface area contributed by atoms with E-state index in [0.717, 1.165) is 28.1 Å². The van der Waals surface area contributed by atoms with Crippen molar-refractivity contribution in [2.24, 2.45) is 0 Å². The molecule has 0 N–H and O–H groups in total. The van der Waals surface area contributed by atoms with Crippen molar-refractivity contribution >= 4 is 27.5 Å². The summed E-state index contributed by atoms with van der Waals surface area (Å²) in [6.45, 7) is 4.57. The zero-order chi connectivity index (χ0) is 19.7. The summed E-state index contributed by atoms with van der Waals surface area (Å²) in [5.74, 6) is 0.652. The second kappa shape index (κ2) is 8.10. The van der Waals surface area contributed by atoms with Crippen LogP contribution in [0.4, 0.5) is 0 Å². The summed E-state index contributed by atoms with van der Waals surface area (Å²) in [4.78, 5) is 36.7. The van der Waals surface area contributed by atoms with E-state index >= 15 is 0 Å². The zero-order valence-electron chi connectivity index (χ0n) is 17.0. The molecule has 0 atom stereocenters. The van der Waals surface area contributed by atoms with Gasteiger partial charge in [0.15, 0.2) is 0 Å². The van der Waals surface area contributed by atoms with Crippen LogP contribution in [0.5, 0.6) is 0 Å². The van der Waals surface area contributed by atoms with Crippen LogP contribution >= 0.6 is 11.3 Å². The van der Waals surface area contributed by atoms with Crippen molar-refractivity contribution in [2.75, 3.05) is 21.1 Å². The Morgan fingerprint density at radius 3 is 2.48 bits per heavy atom. The van der Waals surface area contributed by atoms with Crippen LogP contribution in [0.25, 0.3) is 10.2 Å². The third-order valence-electron chi connectivity index (χ3n) is 5.63. The van der Waals surface area contributed by atoms with Crippen LogP contribution in [0.1, 0.15) is 48.4 Å². The van der Waals surface area contributed by atoms with E-state index in [4.69, 9.17) is 4.98 Å². The van der Waals surface area contributed by atoms with Gasteiger partial charge in [-0.15, -0.1) is 11.3 Å². The number of aryl methyl sites for hydroxylation is 2. The van der Waals surface area contributed by atoms with Gasteiger partial charge >= 0.3 is 0 Å². The van der Waals surface area contributed by atoms with E-state index in [2.05, 4.69) is 0 Å². The van der Waals surface area contributed by atoms with Gasteiger partial charge in [-0.3, -0.25) is 14.2 Å². The fraction of sp³-hybridized carbons (Fsp3) is 0.650. The van der Waals surface area contributed by atoms with Crippen LogP contribution in [0.3, 0.4) is 0 Å². The van der Waals surface area contributed by atoms with Crippen molar-refractivity contribution in [2.45, 2.75) is 65.1 Å². The fourth-order valence-electron chi connectivity index (χ4n) is 3.85. The number of likely N-dealkylation sites (N-methyl/N-ethyl adjacent to an activating group) is 1. The Morgan fingerprint density at radius 1 is 1.19 bits per heavy atom. The van der Waals surface area contributed by atoms with Crippen LogP contribution < -0.4 is 5.56 Å². The van der Waals surface area contributed by atoms with E-state index in [1.54, 1.807) is 15.9 Å². The molecule has 148 valence electrons. The summed E-state index contributed by atoms with van der Waals surface area (Å²) in [6.07, 6.45) is 5.72. The molecule has 0 saturated heterocycles. The van der Waals surface area contributed by atoms with Crippen LogP contribution in [0.15, 0.2) is 4.79 Å². The van der Waals surface area contributed by atoms with Gasteiger partial charge in [-0.1, -0.05) is 19.3 Å². The fourth-order valence-corrected chi connectivity index (χ4v) is 4.89. The van der Waals surface area contributed by atoms with E-state index in [0.29, 0.717) is 23.8 Å². The van der Waals surface area contributed by atoms with E-state index in [1.807, 2.05) is 44.8 Å². The van der Waals surface area contributed by atoms with E-state index in [1.165, 1.54) is 19.3 Å². The lowest BCUT2D eigenvalue weighted by Gasteiger charge is -2.31. The maximum Gasteiger partial charge on any atom is 0.263 e. The SMILES string of the molecule is Cc1sc2nc(CN(C)C)n(CC(=O)N(C)C3CCCCC3)c(=O)c2c1C. The first kappa shape index (κ1) is 20.0. The highest BCUT2D eigenvalue weighted by atomic mass is 32.1. The zero-order valence-corrected chi connectivity index (χ0v) is 17.9. The smallest absolute Gasteiger partial charge is 0.263 e. The maximum absolute atomic E-state index is 13.2. The number of thiophene rings is 1. The highest BCUT2D eigenvalue weighted by molar-refractivity contribution is 7.18. The molecule has 0 radical (unpaired) electrons. The Balaban J connectivity index is 1.98. The number of nitrogens with zero attached hydrogens (tertiary/aromatic N) is 4. The predicted molar refractivity (Wildman–Crippen MR) is 110 cm³/mol. The number of aromatic nitrogens is 2. The Labute approximate surface area is 164 Å². The third kappa shape index (κ3) is 4.09. The van der Waals surface area contributed by atoms with Gasteiger partial charge in [0.05, 0.1) is 11.9 Å². The molecule has 0 aliphatic heterocycles. The van der Waals surface area contributed by atoms with Crippen molar-refractivity contribution in [3.63, 3.8) is 0 Å². The highest BCUT2D eigenvalue weighted by Gasteiger charge is 2.24. The van der Waals surface area contributed by atoms with Gasteiger partial charge in [0.1, 0.15) is 17.2 Å². The van der Waals surface area contributed by atoms with Crippen LogP contribution in [0, 0.1) is 13.8 Å². The molecule has 0 unspecified atom stereocenters. The third-order valence-corrected chi connectivity index (χ3v) is 6.74. The van der Waals surface area contributed by atoms with Gasteiger partial charge in [-0.25, -0.2) is 4.98 Å². The summed E-state index contributed by atoms with van der Waals surface area (Å²) >= 11 is 1.55. The molecule has 2 heterocycles. The Morgan fingerprint density at radius 2 is 1.85 bits per heavy atom. The van der Waals surface area contributed by atoms with Crippen molar-refractivity contribution in [1.82, 2.24) is 19.4 Å². The average Bonchev–Trinajstić information content (AvgIpc) is 2.91. The molecule has 0 bridgehead atoms. The number of carbonyl (C=O) groups is 1. The minimum absolute atomic E-state index is 0.00485. The van der Waals surface area contributed by atoms with Crippen molar-refractivity contribution in [3.05, 3.63) is 26.6 Å². The monoisotopic (exact) mass is 390 g/mol. The van der Waals surface area contributed by atoms with Gasteiger partial charge in [0.2, 0.25) is 5.91 Å². The minimum Gasteiger partial charge on any atom is -0.341 e. The number of fused-ring (bicyclic) bond motifs is 1. The number of hydrogen-bond acceptors (Lipinski definition) is 5. The molecule has 1 saturated carbocycles. The van der Waals surface area contributed by atoms with E-state index in [-0.39, 0.29) is 18.0 Å². The van der Waals surface area contributed by atoms with Crippen LogP contribution in [0.2, 0.25) is 0 Å². The van der Waals surface area contributed by atoms with Crippen molar-refractivity contribution in [1.29, 1.82) is 0 Å². The second-order valence-corrected chi connectivity index (χ2v) is 9.12. The van der Waals surface area contributed by atoms with Gasteiger partial charge in [0, 0.05) is 18.0 Å². The number of carbonyl (C=O) groups excluding carboxylic acids is 1. The predicted octanol–water partition coefficient (Wildman–Crippen LogP) is 2.93. The molecule has 1 amide bonds. The number of hydrogen-bond donors (Lipinski definition) is 0. The van der Waals surface area contributed by atoms with Crippen molar-refractivity contribution < 1.29 is 4.79 Å². The molecule has 6 nitrogen and oxygen atoms in total. The van der Waals surface area contributed by atoms with Crippen molar-refractivity contribution in [3.8, 4) is 0 Å². The Kier molecular flexibility index (Phi) is 6.01. The summed E-state index contributed by atoms with van der Waals surface area (Å²) < 4.78 is 1.59. The quantitative estimate of drug-likeness (QED) is 0.788. The summed E-state index contributed by atoms with van der Waals surface area (Å²) in [5.41, 5.74) is 0.884. The summed E-state index contributed by atoms with van der Waals surface area (Å²) in [7, 11) is 5.77. The van der Waals surface area contributed by atoms with Gasteiger partial charge in [0.25, 0.3) is 5.56 Å². The van der Waals surface area contributed by atoms with Crippen LogP contribution in [-0.2, 0) is 17.9 Å². The first-order chi connectivity index (χ1) is 12.8. The van der Waals surface area contributed by atoms with Gasteiger partial charge < -0.3 is 9.80 Å². The lowest BCUT2D eigenvalue weighted by molar-refractivity contribution is -0.133. The van der Waals surface area contributed by atoms with Gasteiger partial charge in [-0.2, -0.15) is 0 Å². The molecule has 1 fully saturated rings. The normalized spacial score (nSPS) is 15.6. The molecular weight excluding hydrogens is 360 g/mol. The minimum atomic E-state index is -0.0934. The molecular formula is C20H30N4O2S. The highest BCUT2D eigenvalue weighted by Crippen LogP contribution is 2.27. The molecule has 27 heavy (non-hydrogen) atoms. The molecule has 0 aromatic carbocycles. The molecule has 7 heteroatoms. The van der Waals surface area contributed by atoms with E-state index in [9.17, 15) is 9.59 Å². The largest absolute Gasteiger partial charge is 0.341 e. The maximum atomic E-state index is 13.2. The second-order valence-electron chi connectivity index (χ2n) is 7.92. The molecule has 1 aliphatic rings. The van der Waals surface area contributed by atoms with E-state index < -0.39 is 0 Å². The number of rotatable bonds is 5. The lowest BCUT2D eigenvalue weighted by Crippen LogP contribution is -2.42.